The fourth-order valence-electron chi connectivity index (χ4n) is 3.62. The van der Waals surface area contributed by atoms with Crippen molar-refractivity contribution in [3.8, 4) is 17.7 Å². The Labute approximate surface area is 248 Å². The molecule has 1 aromatic heterocycles. The first-order valence-electron chi connectivity index (χ1n) is 12.6. The lowest BCUT2D eigenvalue weighted by molar-refractivity contribution is -0.384. The van der Waals surface area contributed by atoms with Crippen molar-refractivity contribution < 1.29 is 46.3 Å². The molecule has 11 nitrogen and oxygen atoms in total. The smallest absolute Gasteiger partial charge is 0.417 e. The molecular weight excluding hydrogens is 592 g/mol. The molecular formula is C29H26F4N4O7. The molecule has 0 aliphatic carbocycles. The second-order valence-electron chi connectivity index (χ2n) is 9.89. The predicted octanol–water partition coefficient (Wildman–Crippen LogP) is 6.48. The summed E-state index contributed by atoms with van der Waals surface area (Å²) < 4.78 is 69.1. The number of hydrogen-bond acceptors (Lipinski definition) is 9. The highest BCUT2D eigenvalue weighted by molar-refractivity contribution is 5.97. The van der Waals surface area contributed by atoms with E-state index in [9.17, 15) is 37.3 Å². The summed E-state index contributed by atoms with van der Waals surface area (Å²) in [4.78, 5) is 41.2. The highest BCUT2D eigenvalue weighted by Gasteiger charge is 2.32. The van der Waals surface area contributed by atoms with Crippen LogP contribution in [0.25, 0.3) is 0 Å². The molecule has 1 amide bonds. The van der Waals surface area contributed by atoms with E-state index in [-0.39, 0.29) is 22.8 Å². The Morgan fingerprint density at radius 1 is 1.05 bits per heavy atom. The van der Waals surface area contributed by atoms with Gasteiger partial charge in [0.1, 0.15) is 11.4 Å². The molecule has 1 heterocycles. The van der Waals surface area contributed by atoms with Crippen LogP contribution in [-0.2, 0) is 15.7 Å². The topological polar surface area (TPSA) is 133 Å². The Morgan fingerprint density at radius 3 is 2.32 bits per heavy atom. The number of nitrogens with one attached hydrogen (secondary N) is 1. The van der Waals surface area contributed by atoms with Gasteiger partial charge in [0.05, 0.1) is 53.8 Å². The van der Waals surface area contributed by atoms with Gasteiger partial charge in [-0.3, -0.25) is 10.1 Å². The molecule has 0 aliphatic heterocycles. The molecule has 0 saturated heterocycles. The number of benzene rings is 2. The summed E-state index contributed by atoms with van der Waals surface area (Å²) >= 11 is 0. The maximum Gasteiger partial charge on any atom is 0.417 e. The Morgan fingerprint density at radius 2 is 1.73 bits per heavy atom. The molecule has 44 heavy (non-hydrogen) atoms. The van der Waals surface area contributed by atoms with Crippen LogP contribution in [0.3, 0.4) is 0 Å². The largest absolute Gasteiger partial charge is 0.481 e. The Hall–Kier alpha value is -5.39. The highest BCUT2D eigenvalue weighted by atomic mass is 19.4. The maximum absolute atomic E-state index is 14.2. The number of pyridine rings is 1. The molecule has 0 fully saturated rings. The minimum atomic E-state index is -4.74. The fraction of sp³-hybridized carbons (Fsp3) is 0.276. The molecule has 3 aromatic rings. The Kier molecular flexibility index (Phi) is 10.00. The van der Waals surface area contributed by atoms with E-state index in [0.29, 0.717) is 6.07 Å². The molecule has 0 bridgehead atoms. The molecule has 3 rings (SSSR count). The van der Waals surface area contributed by atoms with Crippen LogP contribution in [0.1, 0.15) is 42.3 Å². The first kappa shape index (κ1) is 33.1. The second kappa shape index (κ2) is 13.3. The van der Waals surface area contributed by atoms with E-state index in [4.69, 9.17) is 9.47 Å². The van der Waals surface area contributed by atoms with Gasteiger partial charge in [-0.1, -0.05) is 11.8 Å². The summed E-state index contributed by atoms with van der Waals surface area (Å²) in [7, 11) is 2.27. The lowest BCUT2D eigenvalue weighted by Crippen LogP contribution is -2.38. The van der Waals surface area contributed by atoms with Gasteiger partial charge in [0.2, 0.25) is 11.7 Å². The number of methoxy groups -OCH3 is 2. The highest BCUT2D eigenvalue weighted by Crippen LogP contribution is 2.34. The molecule has 15 heteroatoms. The Balaban J connectivity index is 2.06. The van der Waals surface area contributed by atoms with E-state index in [1.54, 1.807) is 20.8 Å². The van der Waals surface area contributed by atoms with Crippen LogP contribution in [0.2, 0.25) is 0 Å². The first-order chi connectivity index (χ1) is 20.5. The lowest BCUT2D eigenvalue weighted by atomic mass is 10.1. The van der Waals surface area contributed by atoms with Crippen LogP contribution in [0.5, 0.6) is 5.88 Å². The van der Waals surface area contributed by atoms with E-state index in [1.165, 1.54) is 19.2 Å². The van der Waals surface area contributed by atoms with Crippen LogP contribution in [-0.4, -0.2) is 48.3 Å². The molecule has 0 unspecified atom stereocenters. The van der Waals surface area contributed by atoms with Crippen molar-refractivity contribution in [2.45, 2.75) is 32.5 Å². The van der Waals surface area contributed by atoms with Crippen molar-refractivity contribution in [3.63, 3.8) is 0 Å². The van der Waals surface area contributed by atoms with Gasteiger partial charge in [0, 0.05) is 12.1 Å². The standard InChI is InChI=1S/C29H26F4N4O7/c1-28(2,3)44-27(39)36(25-23(37(40)41)12-13-24(35-25)42-4)14-6-7-17-15-19(30)9-11-21(17)34-22-10-8-18(29(31,32)33)16-20(22)26(38)43-5/h8-13,15-16,34H,14H2,1-5H3. The van der Waals surface area contributed by atoms with Gasteiger partial charge in [0.15, 0.2) is 0 Å². The van der Waals surface area contributed by atoms with E-state index in [2.05, 4.69) is 26.9 Å². The third kappa shape index (κ3) is 8.34. The van der Waals surface area contributed by atoms with Crippen LogP contribution >= 0.6 is 0 Å². The summed E-state index contributed by atoms with van der Waals surface area (Å²) in [6, 6.07) is 7.96. The zero-order valence-electron chi connectivity index (χ0n) is 24.0. The normalized spacial score (nSPS) is 11.1. The summed E-state index contributed by atoms with van der Waals surface area (Å²) in [6.07, 6.45) is -5.76. The number of aromatic nitrogens is 1. The molecule has 1 N–H and O–H groups in total. The van der Waals surface area contributed by atoms with Gasteiger partial charge in [0.25, 0.3) is 0 Å². The van der Waals surface area contributed by atoms with Crippen LogP contribution in [0, 0.1) is 27.8 Å². The number of halogens is 4. The average molecular weight is 619 g/mol. The van der Waals surface area contributed by atoms with E-state index in [1.807, 2.05) is 0 Å². The summed E-state index contributed by atoms with van der Waals surface area (Å²) in [5.74, 6) is 3.01. The van der Waals surface area contributed by atoms with E-state index >= 15 is 0 Å². The van der Waals surface area contributed by atoms with Crippen molar-refractivity contribution in [2.75, 3.05) is 31.0 Å². The molecule has 0 saturated carbocycles. The van der Waals surface area contributed by atoms with Gasteiger partial charge in [-0.25, -0.2) is 18.9 Å². The second-order valence-corrected chi connectivity index (χ2v) is 9.89. The van der Waals surface area contributed by atoms with Crippen molar-refractivity contribution >= 4 is 34.9 Å². The van der Waals surface area contributed by atoms with E-state index < -0.39 is 63.8 Å². The van der Waals surface area contributed by atoms with E-state index in [0.717, 1.165) is 42.3 Å². The van der Waals surface area contributed by atoms with Gasteiger partial charge < -0.3 is 19.5 Å². The monoisotopic (exact) mass is 618 g/mol. The van der Waals surface area contributed by atoms with Gasteiger partial charge in [-0.2, -0.15) is 18.2 Å². The number of carbonyl (C=O) groups excluding carboxylic acids is 2. The zero-order valence-corrected chi connectivity index (χ0v) is 24.0. The predicted molar refractivity (Wildman–Crippen MR) is 150 cm³/mol. The SMILES string of the molecule is COC(=O)c1cc(C(F)(F)F)ccc1Nc1ccc(F)cc1C#CCN(C(=O)OC(C)(C)C)c1nc(OC)ccc1[N+](=O)[O-]. The third-order valence-corrected chi connectivity index (χ3v) is 5.57. The number of hydrogen-bond donors (Lipinski definition) is 1. The van der Waals surface area contributed by atoms with Crippen molar-refractivity contribution in [2.24, 2.45) is 0 Å². The number of nitrogens with zero attached hydrogens (tertiary/aromatic N) is 3. The number of alkyl halides is 3. The number of nitro groups is 1. The number of anilines is 3. The van der Waals surface area contributed by atoms with Gasteiger partial charge >= 0.3 is 23.9 Å². The molecule has 0 spiro atoms. The Bertz CT molecular complexity index is 1640. The number of carbonyl (C=O) groups is 2. The lowest BCUT2D eigenvalue weighted by Gasteiger charge is -2.25. The summed E-state index contributed by atoms with van der Waals surface area (Å²) in [5, 5.41) is 14.5. The molecule has 0 radical (unpaired) electrons. The van der Waals surface area contributed by atoms with Crippen LogP contribution in [0.15, 0.2) is 48.5 Å². The molecule has 0 atom stereocenters. The first-order valence-corrected chi connectivity index (χ1v) is 12.6. The number of ether oxygens (including phenoxy) is 3. The van der Waals surface area contributed by atoms with Gasteiger partial charge in [-0.05, 0) is 57.2 Å². The van der Waals surface area contributed by atoms with Crippen molar-refractivity contribution in [1.29, 1.82) is 0 Å². The van der Waals surface area contributed by atoms with Crippen LogP contribution < -0.4 is 15.0 Å². The number of esters is 1. The van der Waals surface area contributed by atoms with Crippen molar-refractivity contribution in [3.05, 3.63) is 81.2 Å². The maximum atomic E-state index is 14.2. The quantitative estimate of drug-likeness (QED) is 0.104. The van der Waals surface area contributed by atoms with Gasteiger partial charge in [-0.15, -0.1) is 0 Å². The summed E-state index contributed by atoms with van der Waals surface area (Å²) in [5.41, 5.74) is -3.13. The minimum Gasteiger partial charge on any atom is -0.481 e. The fourth-order valence-corrected chi connectivity index (χ4v) is 3.62. The molecule has 0 aliphatic rings. The van der Waals surface area contributed by atoms with Crippen LogP contribution in [0.4, 0.5) is 45.2 Å². The average Bonchev–Trinajstić information content (AvgIpc) is 2.94. The minimum absolute atomic E-state index is 0.0297. The zero-order chi connectivity index (χ0) is 32.8. The third-order valence-electron chi connectivity index (χ3n) is 5.57. The molecule has 232 valence electrons. The summed E-state index contributed by atoms with van der Waals surface area (Å²) in [6.45, 7) is 4.21. The molecule has 2 aromatic carbocycles. The number of rotatable bonds is 7. The van der Waals surface area contributed by atoms with Crippen molar-refractivity contribution in [1.82, 2.24) is 4.98 Å². The number of amides is 1.